The average molecular weight is 1570 g/mol. The Labute approximate surface area is 633 Å². The van der Waals surface area contributed by atoms with Crippen molar-refractivity contribution in [1.29, 1.82) is 0 Å². The number of thiophene rings is 5. The number of nitrogens with two attached hydrogens (primary N) is 4. The van der Waals surface area contributed by atoms with Crippen molar-refractivity contribution in [2.45, 2.75) is 105 Å². The number of halogens is 5. The maximum atomic E-state index is 6.14. The normalized spacial score (nSPS) is 12.4. The molecule has 0 spiro atoms. The van der Waals surface area contributed by atoms with E-state index >= 15 is 0 Å². The Morgan fingerprint density at radius 3 is 0.922 bits per heavy atom. The van der Waals surface area contributed by atoms with Crippen LogP contribution < -0.4 is 54.8 Å². The first-order valence-electron chi connectivity index (χ1n) is 32.1. The van der Waals surface area contributed by atoms with E-state index in [4.69, 9.17) is 103 Å². The summed E-state index contributed by atoms with van der Waals surface area (Å²) in [6.07, 6.45) is 8.31. The summed E-state index contributed by atoms with van der Waals surface area (Å²) < 4.78 is 32.0. The molecule has 15 aromatic rings. The minimum Gasteiger partial charge on any atom is -0.467 e. The van der Waals surface area contributed by atoms with Crippen LogP contribution in [0.4, 0.5) is 28.4 Å². The van der Waals surface area contributed by atoms with Gasteiger partial charge in [0.25, 0.3) is 0 Å². The van der Waals surface area contributed by atoms with Crippen molar-refractivity contribution in [3.63, 3.8) is 0 Å². The number of hydrogen-bond acceptors (Lipinski definition) is 25. The number of rotatable bonds is 21. The van der Waals surface area contributed by atoms with Crippen LogP contribution in [0.25, 0.3) is 51.1 Å². The lowest BCUT2D eigenvalue weighted by Gasteiger charge is -2.06. The molecule has 0 aliphatic heterocycles. The third kappa shape index (κ3) is 19.3. The Morgan fingerprint density at radius 2 is 0.647 bits per heavy atom. The summed E-state index contributed by atoms with van der Waals surface area (Å²) in [5.41, 5.74) is 35.5. The topological polar surface area (TPSA) is 306 Å². The standard InChI is InChI=1S/2C15H16ClN3OS.3C14H14ClN3OS/c2*1-8-13-15(21-14(8)9(2)17)11(6-12(16)19-13)18-7-10-4-3-5-20-10;1-16-8-10-5-12-14(20-10)11(6-13(15)18-12)17-7-9-3-2-4-19-9;2*1-8(16)12-5-11-14(20-12)10(6-13(15)18-11)17-7-9-3-2-4-19-9/h2*3-6,9H,7,17H2,1-2H3,(H,18,19);2-6,16H,7-8H2,1H3,(H,17,18);2*2-6,8H,7,16H2,1H3,(H,17,18)/t2*9-;;2*8-/m10.10/s1. The molecular weight excluding hydrogens is 1490 g/mol. The van der Waals surface area contributed by atoms with Gasteiger partial charge in [-0.3, -0.25) is 0 Å². The number of aryl methyl sites for hydroxylation is 2. The van der Waals surface area contributed by atoms with Crippen LogP contribution in [0, 0.1) is 13.8 Å². The molecule has 0 saturated carbocycles. The van der Waals surface area contributed by atoms with E-state index < -0.39 is 0 Å². The highest BCUT2D eigenvalue weighted by molar-refractivity contribution is 7.21. The molecule has 20 nitrogen and oxygen atoms in total. The Balaban J connectivity index is 0.000000128. The highest BCUT2D eigenvalue weighted by Gasteiger charge is 2.20. The zero-order valence-electron chi connectivity index (χ0n) is 56.3. The largest absolute Gasteiger partial charge is 0.467 e. The van der Waals surface area contributed by atoms with Crippen LogP contribution in [0.5, 0.6) is 0 Å². The number of nitrogens with zero attached hydrogens (tertiary/aromatic N) is 5. The second-order valence-corrected chi connectivity index (χ2v) is 30.8. The van der Waals surface area contributed by atoms with E-state index in [-0.39, 0.29) is 24.2 Å². The summed E-state index contributed by atoms with van der Waals surface area (Å²) in [5, 5.41) is 22.3. The van der Waals surface area contributed by atoms with Gasteiger partial charge in [-0.25, -0.2) is 24.9 Å². The van der Waals surface area contributed by atoms with E-state index in [2.05, 4.69) is 62.9 Å². The number of furan rings is 5. The van der Waals surface area contributed by atoms with E-state index in [1.54, 1.807) is 88.0 Å². The van der Waals surface area contributed by atoms with Crippen LogP contribution in [0.15, 0.2) is 163 Å². The van der Waals surface area contributed by atoms with Gasteiger partial charge < -0.3 is 76.9 Å². The van der Waals surface area contributed by atoms with E-state index in [0.717, 1.165) is 146 Å². The number of hydrogen-bond donors (Lipinski definition) is 10. The molecule has 0 aliphatic carbocycles. The molecule has 0 amide bonds. The average Bonchev–Trinajstić information content (AvgIpc) is 1.64. The molecule has 4 atom stereocenters. The molecule has 15 rings (SSSR count). The van der Waals surface area contributed by atoms with Crippen molar-refractivity contribution in [3.8, 4) is 0 Å². The predicted octanol–water partition coefficient (Wildman–Crippen LogP) is 21.2. The number of anilines is 5. The first-order valence-corrected chi connectivity index (χ1v) is 38.1. The van der Waals surface area contributed by atoms with E-state index in [9.17, 15) is 0 Å². The third-order valence-electron chi connectivity index (χ3n) is 15.4. The molecule has 0 fully saturated rings. The lowest BCUT2D eigenvalue weighted by molar-refractivity contribution is 0.518. The summed E-state index contributed by atoms with van der Waals surface area (Å²) in [4.78, 5) is 27.6. The molecule has 102 heavy (non-hydrogen) atoms. The predicted molar refractivity (Wildman–Crippen MR) is 426 cm³/mol. The van der Waals surface area contributed by atoms with Gasteiger partial charge in [-0.1, -0.05) is 58.0 Å². The first-order chi connectivity index (χ1) is 49.1. The SMILES string of the molecule is CNCc1cc2nc(Cl)cc(NCc3ccco3)c2s1.C[C@@H](N)c1cc2nc(Cl)cc(NCc3ccco3)c2s1.C[C@H](N)c1cc2nc(Cl)cc(NCc3ccco3)c2s1.Cc1c([C@@H](C)N)sc2c(NCc3ccco3)cc(Cl)nc12.Cc1c([C@H](C)N)sc2c(NCc3ccco3)cc(Cl)nc12. The Kier molecular flexibility index (Phi) is 25.9. The molecular formula is C72H74Cl5N15O5S5. The second-order valence-electron chi connectivity index (χ2n) is 23.5. The molecule has 15 aromatic heterocycles. The molecule has 0 unspecified atom stereocenters. The Hall–Kier alpha value is -7.80. The summed E-state index contributed by atoms with van der Waals surface area (Å²) >= 11 is 38.8. The Bertz CT molecular complexity index is 4910. The highest BCUT2D eigenvalue weighted by atomic mass is 35.5. The Morgan fingerprint density at radius 1 is 0.363 bits per heavy atom. The van der Waals surface area contributed by atoms with Crippen LogP contribution in [-0.4, -0.2) is 32.0 Å². The fourth-order valence-electron chi connectivity index (χ4n) is 10.6. The summed E-state index contributed by atoms with van der Waals surface area (Å²) in [6.45, 7) is 15.8. The molecule has 0 aromatic carbocycles. The van der Waals surface area contributed by atoms with Crippen LogP contribution in [0.2, 0.25) is 25.8 Å². The van der Waals surface area contributed by atoms with Crippen molar-refractivity contribution in [3.05, 3.63) is 231 Å². The van der Waals surface area contributed by atoms with Crippen molar-refractivity contribution in [1.82, 2.24) is 30.2 Å². The quantitative estimate of drug-likeness (QED) is 0.0299. The maximum absolute atomic E-state index is 6.14. The van der Waals surface area contributed by atoms with Gasteiger partial charge in [-0.2, -0.15) is 0 Å². The van der Waals surface area contributed by atoms with Gasteiger partial charge in [0.15, 0.2) is 0 Å². The molecule has 0 saturated heterocycles. The number of nitrogens with one attached hydrogen (secondary N) is 6. The summed E-state index contributed by atoms with van der Waals surface area (Å²) in [6, 6.07) is 34.2. The number of fused-ring (bicyclic) bond motifs is 5. The van der Waals surface area contributed by atoms with E-state index in [1.807, 2.05) is 152 Å². The molecule has 30 heteroatoms. The summed E-state index contributed by atoms with van der Waals surface area (Å²) in [5.74, 6) is 4.37. The van der Waals surface area contributed by atoms with Gasteiger partial charge in [0, 0.05) is 85.4 Å². The maximum Gasteiger partial charge on any atom is 0.131 e. The lowest BCUT2D eigenvalue weighted by atomic mass is 10.1. The zero-order valence-corrected chi connectivity index (χ0v) is 64.2. The van der Waals surface area contributed by atoms with Crippen LogP contribution in [-0.2, 0) is 39.3 Å². The molecule has 532 valence electrons. The van der Waals surface area contributed by atoms with Gasteiger partial charge >= 0.3 is 0 Å². The minimum atomic E-state index is -0.0131. The van der Waals surface area contributed by atoms with Gasteiger partial charge in [0.05, 0.1) is 144 Å². The monoisotopic (exact) mass is 1560 g/mol. The number of aromatic nitrogens is 5. The second kappa shape index (κ2) is 35.1. The van der Waals surface area contributed by atoms with Crippen molar-refractivity contribution >= 4 is 194 Å². The van der Waals surface area contributed by atoms with Crippen molar-refractivity contribution in [2.24, 2.45) is 22.9 Å². The zero-order chi connectivity index (χ0) is 72.1. The minimum absolute atomic E-state index is 0.00843. The van der Waals surface area contributed by atoms with Gasteiger partial charge in [0.1, 0.15) is 54.6 Å². The molecule has 0 aliphatic rings. The third-order valence-corrected chi connectivity index (χ3v) is 23.3. The van der Waals surface area contributed by atoms with Crippen molar-refractivity contribution < 1.29 is 22.1 Å². The fraction of sp³-hybridized carbons (Fsp3) is 0.236. The van der Waals surface area contributed by atoms with Crippen LogP contribution >= 0.6 is 115 Å². The first kappa shape index (κ1) is 75.4. The smallest absolute Gasteiger partial charge is 0.131 e. The van der Waals surface area contributed by atoms with Gasteiger partial charge in [-0.15, -0.1) is 56.7 Å². The summed E-state index contributed by atoms with van der Waals surface area (Å²) in [7, 11) is 1.93. The number of pyridine rings is 5. The molecule has 15 heterocycles. The van der Waals surface area contributed by atoms with E-state index in [0.29, 0.717) is 58.5 Å². The van der Waals surface area contributed by atoms with E-state index in [1.165, 1.54) is 4.88 Å². The van der Waals surface area contributed by atoms with Crippen LogP contribution in [0.1, 0.15) is 116 Å². The van der Waals surface area contributed by atoms with Gasteiger partial charge in [0.2, 0.25) is 0 Å². The molecule has 0 bridgehead atoms. The van der Waals surface area contributed by atoms with Crippen molar-refractivity contribution in [2.75, 3.05) is 33.6 Å². The molecule has 14 N–H and O–H groups in total. The van der Waals surface area contributed by atoms with Gasteiger partial charge in [-0.05, 0) is 139 Å². The molecule has 0 radical (unpaired) electrons. The fourth-order valence-corrected chi connectivity index (χ4v) is 17.1. The van der Waals surface area contributed by atoms with Crippen LogP contribution in [0.3, 0.4) is 0 Å². The lowest BCUT2D eigenvalue weighted by Crippen LogP contribution is -2.03. The highest BCUT2D eigenvalue weighted by Crippen LogP contribution is 2.42.